The number of carbonyl (C=O) groups is 1. The lowest BCUT2D eigenvalue weighted by atomic mass is 9.97. The van der Waals surface area contributed by atoms with Gasteiger partial charge in [-0.15, -0.1) is 0 Å². The van der Waals surface area contributed by atoms with Gasteiger partial charge in [-0.3, -0.25) is 9.10 Å². The Morgan fingerprint density at radius 1 is 1.22 bits per heavy atom. The molecule has 0 saturated heterocycles. The second-order valence-electron chi connectivity index (χ2n) is 6.86. The number of fused-ring (bicyclic) bond motifs is 1. The van der Waals surface area contributed by atoms with Crippen molar-refractivity contribution >= 4 is 27.3 Å². The lowest BCUT2D eigenvalue weighted by Gasteiger charge is -2.17. The summed E-state index contributed by atoms with van der Waals surface area (Å²) in [6.07, 6.45) is 2.21. The number of methoxy groups -OCH3 is 1. The molecule has 1 aliphatic heterocycles. The van der Waals surface area contributed by atoms with Crippen molar-refractivity contribution in [1.29, 1.82) is 0 Å². The number of carbonyl (C=O) groups excluding carboxylic acids is 1. The van der Waals surface area contributed by atoms with Gasteiger partial charge in [-0.05, 0) is 53.8 Å². The number of ether oxygens (including phenoxy) is 1. The summed E-state index contributed by atoms with van der Waals surface area (Å²) in [5, 5.41) is 2.92. The van der Waals surface area contributed by atoms with E-state index in [0.29, 0.717) is 30.8 Å². The van der Waals surface area contributed by atoms with E-state index in [-0.39, 0.29) is 11.8 Å². The van der Waals surface area contributed by atoms with Crippen LogP contribution in [0.4, 0.5) is 11.4 Å². The van der Waals surface area contributed by atoms with E-state index in [9.17, 15) is 13.2 Å². The molecule has 6 nitrogen and oxygen atoms in total. The van der Waals surface area contributed by atoms with Gasteiger partial charge in [-0.25, -0.2) is 8.42 Å². The van der Waals surface area contributed by atoms with Gasteiger partial charge in [0.05, 0.1) is 19.1 Å². The molecule has 0 radical (unpaired) electrons. The van der Waals surface area contributed by atoms with Crippen LogP contribution in [0.25, 0.3) is 0 Å². The molecule has 3 rings (SSSR count). The maximum atomic E-state index is 12.4. The molecule has 1 N–H and O–H groups in total. The number of rotatable bonds is 6. The van der Waals surface area contributed by atoms with Crippen LogP contribution < -0.4 is 14.4 Å². The fourth-order valence-electron chi connectivity index (χ4n) is 3.33. The fraction of sp³-hybridized carbons (Fsp3) is 0.350. The SMILES string of the molecule is COc1ccc(C(C)CC(=O)Nc2ccc3c(c2)CCN3S(C)(=O)=O)cc1. The molecule has 0 bridgehead atoms. The van der Waals surface area contributed by atoms with Crippen LogP contribution in [-0.2, 0) is 21.2 Å². The number of hydrogen-bond donors (Lipinski definition) is 1. The lowest BCUT2D eigenvalue weighted by molar-refractivity contribution is -0.116. The quantitative estimate of drug-likeness (QED) is 0.825. The first-order chi connectivity index (χ1) is 12.8. The predicted molar refractivity (Wildman–Crippen MR) is 107 cm³/mol. The largest absolute Gasteiger partial charge is 0.497 e. The summed E-state index contributed by atoms with van der Waals surface area (Å²) in [4.78, 5) is 12.4. The molecule has 0 aliphatic carbocycles. The highest BCUT2D eigenvalue weighted by Gasteiger charge is 2.26. The molecule has 1 heterocycles. The van der Waals surface area contributed by atoms with Crippen molar-refractivity contribution in [2.24, 2.45) is 0 Å². The number of sulfonamides is 1. The van der Waals surface area contributed by atoms with Gasteiger partial charge in [0, 0.05) is 18.7 Å². The van der Waals surface area contributed by atoms with Gasteiger partial charge in [-0.2, -0.15) is 0 Å². The molecule has 1 unspecified atom stereocenters. The molecule has 0 fully saturated rings. The zero-order valence-electron chi connectivity index (χ0n) is 15.7. The molecule has 0 spiro atoms. The second kappa shape index (κ2) is 7.60. The number of amides is 1. The first-order valence-corrected chi connectivity index (χ1v) is 10.7. The third-order valence-electron chi connectivity index (χ3n) is 4.79. The van der Waals surface area contributed by atoms with Crippen molar-refractivity contribution in [2.45, 2.75) is 25.7 Å². The molecular weight excluding hydrogens is 364 g/mol. The minimum atomic E-state index is -3.27. The van der Waals surface area contributed by atoms with Crippen LogP contribution >= 0.6 is 0 Å². The van der Waals surface area contributed by atoms with Crippen molar-refractivity contribution in [2.75, 3.05) is 29.5 Å². The zero-order valence-corrected chi connectivity index (χ0v) is 16.5. The van der Waals surface area contributed by atoms with Crippen molar-refractivity contribution in [3.05, 3.63) is 53.6 Å². The minimum Gasteiger partial charge on any atom is -0.497 e. The van der Waals surface area contributed by atoms with Crippen LogP contribution in [0.2, 0.25) is 0 Å². The normalized spacial score (nSPS) is 14.6. The maximum absolute atomic E-state index is 12.4. The number of hydrogen-bond acceptors (Lipinski definition) is 4. The van der Waals surface area contributed by atoms with Crippen LogP contribution in [0.15, 0.2) is 42.5 Å². The Balaban J connectivity index is 1.64. The standard InChI is InChI=1S/C20H24N2O4S/c1-14(15-4-7-18(26-2)8-5-15)12-20(23)21-17-6-9-19-16(13-17)10-11-22(19)27(3,24)25/h4-9,13-14H,10-12H2,1-3H3,(H,21,23). The average Bonchev–Trinajstić information content (AvgIpc) is 3.05. The van der Waals surface area contributed by atoms with Gasteiger partial charge < -0.3 is 10.1 Å². The smallest absolute Gasteiger partial charge is 0.232 e. The number of nitrogens with zero attached hydrogens (tertiary/aromatic N) is 1. The van der Waals surface area contributed by atoms with Crippen molar-refractivity contribution in [3.63, 3.8) is 0 Å². The summed E-state index contributed by atoms with van der Waals surface area (Å²) < 4.78 is 30.2. The van der Waals surface area contributed by atoms with Gasteiger partial charge in [0.25, 0.3) is 0 Å². The van der Waals surface area contributed by atoms with E-state index >= 15 is 0 Å². The molecular formula is C20H24N2O4S. The topological polar surface area (TPSA) is 75.7 Å². The van der Waals surface area contributed by atoms with Crippen LogP contribution in [0.5, 0.6) is 5.75 Å². The Hall–Kier alpha value is -2.54. The predicted octanol–water partition coefficient (Wildman–Crippen LogP) is 3.15. The van der Waals surface area contributed by atoms with Crippen molar-refractivity contribution < 1.29 is 17.9 Å². The first-order valence-electron chi connectivity index (χ1n) is 8.82. The van der Waals surface area contributed by atoms with Crippen LogP contribution in [0.1, 0.15) is 30.4 Å². The van der Waals surface area contributed by atoms with Crippen LogP contribution in [0.3, 0.4) is 0 Å². The van der Waals surface area contributed by atoms with E-state index in [1.54, 1.807) is 19.2 Å². The molecule has 2 aromatic carbocycles. The maximum Gasteiger partial charge on any atom is 0.232 e. The van der Waals surface area contributed by atoms with Crippen molar-refractivity contribution in [1.82, 2.24) is 0 Å². The van der Waals surface area contributed by atoms with Gasteiger partial charge >= 0.3 is 0 Å². The molecule has 144 valence electrons. The highest BCUT2D eigenvalue weighted by molar-refractivity contribution is 7.92. The number of benzene rings is 2. The highest BCUT2D eigenvalue weighted by atomic mass is 32.2. The van der Waals surface area contributed by atoms with E-state index in [1.165, 1.54) is 10.6 Å². The minimum absolute atomic E-state index is 0.0729. The summed E-state index contributed by atoms with van der Waals surface area (Å²) in [6.45, 7) is 2.45. The van der Waals surface area contributed by atoms with E-state index in [0.717, 1.165) is 16.9 Å². The molecule has 1 aliphatic rings. The molecule has 0 saturated carbocycles. The lowest BCUT2D eigenvalue weighted by Crippen LogP contribution is -2.27. The van der Waals surface area contributed by atoms with Crippen LogP contribution in [0, 0.1) is 0 Å². The Bertz CT molecular complexity index is 939. The Kier molecular flexibility index (Phi) is 5.41. The number of anilines is 2. The van der Waals surface area contributed by atoms with E-state index in [4.69, 9.17) is 4.74 Å². The Morgan fingerprint density at radius 2 is 1.93 bits per heavy atom. The van der Waals surface area contributed by atoms with E-state index in [2.05, 4.69) is 5.32 Å². The average molecular weight is 388 g/mol. The number of nitrogens with one attached hydrogen (secondary N) is 1. The van der Waals surface area contributed by atoms with Gasteiger partial charge in [0.2, 0.25) is 15.9 Å². The van der Waals surface area contributed by atoms with E-state index in [1.807, 2.05) is 37.3 Å². The molecule has 2 aromatic rings. The van der Waals surface area contributed by atoms with Gasteiger partial charge in [-0.1, -0.05) is 19.1 Å². The molecule has 7 heteroatoms. The third-order valence-corrected chi connectivity index (χ3v) is 5.97. The Morgan fingerprint density at radius 3 is 2.56 bits per heavy atom. The summed E-state index contributed by atoms with van der Waals surface area (Å²) >= 11 is 0. The summed E-state index contributed by atoms with van der Waals surface area (Å²) in [7, 11) is -1.64. The molecule has 1 amide bonds. The Labute approximate surface area is 160 Å². The van der Waals surface area contributed by atoms with Crippen LogP contribution in [-0.4, -0.2) is 34.2 Å². The summed E-state index contributed by atoms with van der Waals surface area (Å²) in [6, 6.07) is 13.1. The van der Waals surface area contributed by atoms with Crippen molar-refractivity contribution in [3.8, 4) is 5.75 Å². The molecule has 1 atom stereocenters. The monoisotopic (exact) mass is 388 g/mol. The second-order valence-corrected chi connectivity index (χ2v) is 8.76. The highest BCUT2D eigenvalue weighted by Crippen LogP contribution is 2.32. The first kappa shape index (κ1) is 19.2. The summed E-state index contributed by atoms with van der Waals surface area (Å²) in [5.41, 5.74) is 3.39. The van der Waals surface area contributed by atoms with E-state index < -0.39 is 10.0 Å². The molecule has 27 heavy (non-hydrogen) atoms. The van der Waals surface area contributed by atoms with Gasteiger partial charge in [0.1, 0.15) is 5.75 Å². The summed E-state index contributed by atoms with van der Waals surface area (Å²) in [5.74, 6) is 0.791. The zero-order chi connectivity index (χ0) is 19.6. The molecule has 0 aromatic heterocycles. The third kappa shape index (κ3) is 4.42. The fourth-order valence-corrected chi connectivity index (χ4v) is 4.29. The van der Waals surface area contributed by atoms with Gasteiger partial charge in [0.15, 0.2) is 0 Å².